The average molecular weight is 265 g/mol. The molecule has 1 saturated heterocycles. The predicted molar refractivity (Wildman–Crippen MR) is 73.9 cm³/mol. The molecular formula is C13H17ClN4. The van der Waals surface area contributed by atoms with E-state index in [1.54, 1.807) is 0 Å². The fourth-order valence-electron chi connectivity index (χ4n) is 2.43. The summed E-state index contributed by atoms with van der Waals surface area (Å²) in [6, 6.07) is 5.88. The minimum atomic E-state index is 0.745. The second-order valence-electron chi connectivity index (χ2n) is 4.75. The topological polar surface area (TPSA) is 33.1 Å². The molecule has 0 atom stereocenters. The Hall–Kier alpha value is -1.10. The summed E-state index contributed by atoms with van der Waals surface area (Å²) in [5, 5.41) is 4.11. The van der Waals surface area contributed by atoms with Crippen LogP contribution in [0.5, 0.6) is 0 Å². The summed E-state index contributed by atoms with van der Waals surface area (Å²) < 4.78 is 2.16. The van der Waals surface area contributed by atoms with Gasteiger partial charge in [0.15, 0.2) is 0 Å². The molecule has 0 unspecified atom stereocenters. The molecular weight excluding hydrogens is 248 g/mol. The van der Waals surface area contributed by atoms with E-state index in [9.17, 15) is 0 Å². The molecule has 2 heterocycles. The Balaban J connectivity index is 1.89. The zero-order valence-corrected chi connectivity index (χ0v) is 11.2. The van der Waals surface area contributed by atoms with Crippen LogP contribution in [-0.2, 0) is 13.6 Å². The molecule has 1 aromatic carbocycles. The number of halogens is 1. The smallest absolute Gasteiger partial charge is 0.123 e. The van der Waals surface area contributed by atoms with E-state index in [4.69, 9.17) is 11.6 Å². The van der Waals surface area contributed by atoms with Gasteiger partial charge in [0.25, 0.3) is 0 Å². The van der Waals surface area contributed by atoms with Crippen molar-refractivity contribution >= 4 is 22.6 Å². The summed E-state index contributed by atoms with van der Waals surface area (Å²) in [7, 11) is 2.07. The standard InChI is InChI=1S/C13H17ClN4/c1-17-12-3-2-10(14)8-11(12)16-13(17)9-18-6-4-15-5-7-18/h2-3,8,15H,4-7,9H2,1H3. The van der Waals surface area contributed by atoms with Crippen LogP contribution in [0.15, 0.2) is 18.2 Å². The molecule has 1 aliphatic rings. The molecule has 0 radical (unpaired) electrons. The zero-order chi connectivity index (χ0) is 12.5. The molecule has 96 valence electrons. The summed E-state index contributed by atoms with van der Waals surface area (Å²) in [6.45, 7) is 5.21. The van der Waals surface area contributed by atoms with Crippen LogP contribution in [0, 0.1) is 0 Å². The summed E-state index contributed by atoms with van der Waals surface area (Å²) in [5.41, 5.74) is 2.12. The first-order valence-electron chi connectivity index (χ1n) is 6.28. The molecule has 1 aliphatic heterocycles. The zero-order valence-electron chi connectivity index (χ0n) is 10.5. The lowest BCUT2D eigenvalue weighted by Crippen LogP contribution is -2.43. The van der Waals surface area contributed by atoms with E-state index in [1.165, 1.54) is 0 Å². The fourth-order valence-corrected chi connectivity index (χ4v) is 2.60. The van der Waals surface area contributed by atoms with Crippen molar-refractivity contribution in [3.63, 3.8) is 0 Å². The maximum Gasteiger partial charge on any atom is 0.123 e. The first-order chi connectivity index (χ1) is 8.74. The van der Waals surface area contributed by atoms with Crippen molar-refractivity contribution in [1.82, 2.24) is 19.8 Å². The molecule has 2 aromatic rings. The first-order valence-corrected chi connectivity index (χ1v) is 6.66. The van der Waals surface area contributed by atoms with Crippen LogP contribution in [0.3, 0.4) is 0 Å². The minimum absolute atomic E-state index is 0.745. The van der Waals surface area contributed by atoms with Gasteiger partial charge in [-0.15, -0.1) is 0 Å². The number of nitrogens with one attached hydrogen (secondary N) is 1. The molecule has 0 saturated carbocycles. The Morgan fingerprint density at radius 1 is 1.33 bits per heavy atom. The molecule has 3 rings (SSSR count). The second kappa shape index (κ2) is 4.88. The number of benzene rings is 1. The number of rotatable bonds is 2. The van der Waals surface area contributed by atoms with Crippen LogP contribution in [-0.4, -0.2) is 40.6 Å². The van der Waals surface area contributed by atoms with Gasteiger partial charge >= 0.3 is 0 Å². The number of nitrogens with zero attached hydrogens (tertiary/aromatic N) is 3. The van der Waals surface area contributed by atoms with Gasteiger partial charge in [0.1, 0.15) is 5.82 Å². The quantitative estimate of drug-likeness (QED) is 0.895. The Labute approximate surface area is 112 Å². The summed E-state index contributed by atoms with van der Waals surface area (Å²) in [6.07, 6.45) is 0. The van der Waals surface area contributed by atoms with Crippen LogP contribution in [0.25, 0.3) is 11.0 Å². The molecule has 1 aromatic heterocycles. The molecule has 0 bridgehead atoms. The molecule has 4 nitrogen and oxygen atoms in total. The van der Waals surface area contributed by atoms with Crippen molar-refractivity contribution in [1.29, 1.82) is 0 Å². The second-order valence-corrected chi connectivity index (χ2v) is 5.18. The number of hydrogen-bond donors (Lipinski definition) is 1. The van der Waals surface area contributed by atoms with Gasteiger partial charge in [0.05, 0.1) is 17.6 Å². The molecule has 0 aliphatic carbocycles. The number of imidazole rings is 1. The summed E-state index contributed by atoms with van der Waals surface area (Å²) >= 11 is 6.00. The van der Waals surface area contributed by atoms with Gasteiger partial charge in [-0.05, 0) is 18.2 Å². The average Bonchev–Trinajstić information content (AvgIpc) is 2.67. The third-order valence-electron chi connectivity index (χ3n) is 3.51. The highest BCUT2D eigenvalue weighted by Crippen LogP contribution is 2.20. The third-order valence-corrected chi connectivity index (χ3v) is 3.75. The molecule has 18 heavy (non-hydrogen) atoms. The van der Waals surface area contributed by atoms with Crippen LogP contribution in [0.2, 0.25) is 5.02 Å². The van der Waals surface area contributed by atoms with Crippen molar-refractivity contribution in [2.24, 2.45) is 7.05 Å². The van der Waals surface area contributed by atoms with E-state index in [-0.39, 0.29) is 0 Å². The van der Waals surface area contributed by atoms with E-state index in [1.807, 2.05) is 18.2 Å². The highest BCUT2D eigenvalue weighted by Gasteiger charge is 2.14. The summed E-state index contributed by atoms with van der Waals surface area (Å²) in [5.74, 6) is 1.11. The van der Waals surface area contributed by atoms with Gasteiger partial charge < -0.3 is 9.88 Å². The van der Waals surface area contributed by atoms with Crippen molar-refractivity contribution in [2.45, 2.75) is 6.54 Å². The molecule has 0 spiro atoms. The van der Waals surface area contributed by atoms with Crippen LogP contribution < -0.4 is 5.32 Å². The number of piperazine rings is 1. The number of aromatic nitrogens is 2. The van der Waals surface area contributed by atoms with Gasteiger partial charge in [-0.3, -0.25) is 4.90 Å². The number of fused-ring (bicyclic) bond motifs is 1. The predicted octanol–water partition coefficient (Wildman–Crippen LogP) is 1.63. The number of aryl methyl sites for hydroxylation is 1. The Kier molecular flexibility index (Phi) is 3.24. The van der Waals surface area contributed by atoms with Gasteiger partial charge in [0.2, 0.25) is 0 Å². The monoisotopic (exact) mass is 264 g/mol. The lowest BCUT2D eigenvalue weighted by Gasteiger charge is -2.26. The maximum absolute atomic E-state index is 6.00. The lowest BCUT2D eigenvalue weighted by molar-refractivity contribution is 0.226. The van der Waals surface area contributed by atoms with Crippen molar-refractivity contribution in [2.75, 3.05) is 26.2 Å². The highest BCUT2D eigenvalue weighted by atomic mass is 35.5. The van der Waals surface area contributed by atoms with E-state index in [0.717, 1.165) is 54.6 Å². The largest absolute Gasteiger partial charge is 0.330 e. The first kappa shape index (κ1) is 12.0. The van der Waals surface area contributed by atoms with Gasteiger partial charge in [-0.25, -0.2) is 4.98 Å². The van der Waals surface area contributed by atoms with E-state index in [0.29, 0.717) is 0 Å². The van der Waals surface area contributed by atoms with Crippen molar-refractivity contribution < 1.29 is 0 Å². The van der Waals surface area contributed by atoms with Crippen LogP contribution in [0.1, 0.15) is 5.82 Å². The maximum atomic E-state index is 6.00. The normalized spacial score (nSPS) is 17.4. The molecule has 0 amide bonds. The van der Waals surface area contributed by atoms with Gasteiger partial charge in [-0.2, -0.15) is 0 Å². The molecule has 1 fully saturated rings. The minimum Gasteiger partial charge on any atom is -0.330 e. The van der Waals surface area contributed by atoms with Crippen LogP contribution in [0.4, 0.5) is 0 Å². The Morgan fingerprint density at radius 2 is 2.11 bits per heavy atom. The molecule has 5 heteroatoms. The van der Waals surface area contributed by atoms with Gasteiger partial charge in [0, 0.05) is 38.2 Å². The fraction of sp³-hybridized carbons (Fsp3) is 0.462. The van der Waals surface area contributed by atoms with Crippen molar-refractivity contribution in [3.05, 3.63) is 29.0 Å². The highest BCUT2D eigenvalue weighted by molar-refractivity contribution is 6.31. The third kappa shape index (κ3) is 2.23. The number of hydrogen-bond acceptors (Lipinski definition) is 3. The Bertz CT molecular complexity index is 557. The van der Waals surface area contributed by atoms with Crippen LogP contribution >= 0.6 is 11.6 Å². The SMILES string of the molecule is Cn1c(CN2CCNCC2)nc2cc(Cl)ccc21. The van der Waals surface area contributed by atoms with E-state index < -0.39 is 0 Å². The Morgan fingerprint density at radius 3 is 2.89 bits per heavy atom. The van der Waals surface area contributed by atoms with E-state index in [2.05, 4.69) is 26.8 Å². The molecule has 1 N–H and O–H groups in total. The van der Waals surface area contributed by atoms with Crippen molar-refractivity contribution in [3.8, 4) is 0 Å². The van der Waals surface area contributed by atoms with Gasteiger partial charge in [-0.1, -0.05) is 11.6 Å². The lowest BCUT2D eigenvalue weighted by atomic mass is 10.3. The summed E-state index contributed by atoms with van der Waals surface area (Å²) in [4.78, 5) is 7.11. The van der Waals surface area contributed by atoms with E-state index >= 15 is 0 Å².